The second kappa shape index (κ2) is 8.27. The van der Waals surface area contributed by atoms with Gasteiger partial charge in [-0.15, -0.1) is 0 Å². The topological polar surface area (TPSA) is 52.6 Å². The zero-order valence-electron chi connectivity index (χ0n) is 12.3. The fourth-order valence-corrected chi connectivity index (χ4v) is 2.40. The van der Waals surface area contributed by atoms with Gasteiger partial charge in [0.15, 0.2) is 0 Å². The number of hydrogen-bond donors (Lipinski definition) is 2. The van der Waals surface area contributed by atoms with Gasteiger partial charge in [0.2, 0.25) is 0 Å². The molecule has 0 bridgehead atoms. The summed E-state index contributed by atoms with van der Waals surface area (Å²) in [4.78, 5) is 13.9. The Morgan fingerprint density at radius 2 is 2.10 bits per heavy atom. The molecule has 0 spiro atoms. The average molecular weight is 343 g/mol. The van der Waals surface area contributed by atoms with Crippen LogP contribution in [0, 0.1) is 0 Å². The highest BCUT2D eigenvalue weighted by atomic mass is 79.9. The maximum absolute atomic E-state index is 12.2. The molecule has 2 N–H and O–H groups in total. The highest BCUT2D eigenvalue weighted by molar-refractivity contribution is 9.10. The number of rotatable bonds is 6. The number of benzene rings is 1. The number of nitrogens with one attached hydrogen (secondary N) is 1. The molecule has 4 nitrogen and oxygen atoms in total. The molecule has 0 saturated heterocycles. The molecule has 0 aliphatic rings. The molecule has 0 unspecified atom stereocenters. The van der Waals surface area contributed by atoms with Crippen LogP contribution in [0.1, 0.15) is 38.7 Å². The van der Waals surface area contributed by atoms with Crippen LogP contribution in [0.25, 0.3) is 0 Å². The van der Waals surface area contributed by atoms with E-state index in [1.54, 1.807) is 4.90 Å². The summed E-state index contributed by atoms with van der Waals surface area (Å²) in [5.41, 5.74) is 1.92. The summed E-state index contributed by atoms with van der Waals surface area (Å²) in [6.07, 6.45) is 0.866. The van der Waals surface area contributed by atoms with E-state index in [4.69, 9.17) is 5.11 Å². The lowest BCUT2D eigenvalue weighted by Gasteiger charge is -2.23. The molecule has 0 aliphatic heterocycles. The third kappa shape index (κ3) is 4.80. The van der Waals surface area contributed by atoms with Crippen molar-refractivity contribution in [2.45, 2.75) is 33.1 Å². The Hall–Kier alpha value is -1.07. The van der Waals surface area contributed by atoms with E-state index in [2.05, 4.69) is 35.1 Å². The van der Waals surface area contributed by atoms with Gasteiger partial charge in [0.05, 0.1) is 6.61 Å². The number of hydrogen-bond acceptors (Lipinski definition) is 2. The van der Waals surface area contributed by atoms with Crippen LogP contribution in [0.15, 0.2) is 22.7 Å². The largest absolute Gasteiger partial charge is 0.395 e. The van der Waals surface area contributed by atoms with Crippen LogP contribution in [-0.4, -0.2) is 35.7 Å². The molecule has 2 amide bonds. The van der Waals surface area contributed by atoms with Crippen LogP contribution < -0.4 is 5.32 Å². The van der Waals surface area contributed by atoms with Crippen LogP contribution in [0.5, 0.6) is 0 Å². The van der Waals surface area contributed by atoms with Gasteiger partial charge in [-0.05, 0) is 36.1 Å². The predicted octanol–water partition coefficient (Wildman–Crippen LogP) is 3.81. The minimum Gasteiger partial charge on any atom is -0.395 e. The van der Waals surface area contributed by atoms with Crippen molar-refractivity contribution in [3.05, 3.63) is 28.2 Å². The number of carbonyl (C=O) groups is 1. The van der Waals surface area contributed by atoms with Crippen molar-refractivity contribution in [3.8, 4) is 0 Å². The zero-order chi connectivity index (χ0) is 15.1. The molecule has 1 aromatic rings. The molecule has 0 radical (unpaired) electrons. The van der Waals surface area contributed by atoms with Gasteiger partial charge >= 0.3 is 6.03 Å². The molecular formula is C15H23BrN2O2. The summed E-state index contributed by atoms with van der Waals surface area (Å²) in [5, 5.41) is 12.0. The van der Waals surface area contributed by atoms with Crippen LogP contribution in [0.2, 0.25) is 0 Å². The van der Waals surface area contributed by atoms with E-state index in [0.29, 0.717) is 19.0 Å². The third-order valence-corrected chi connectivity index (χ3v) is 3.52. The maximum atomic E-state index is 12.2. The average Bonchev–Trinajstić information content (AvgIpc) is 2.40. The summed E-state index contributed by atoms with van der Waals surface area (Å²) in [5.74, 6) is 0.320. The molecule has 5 heteroatoms. The first-order valence-corrected chi connectivity index (χ1v) is 7.75. The Bertz CT molecular complexity index is 443. The second-order valence-electron chi connectivity index (χ2n) is 5.03. The number of halogens is 1. The minimum absolute atomic E-state index is 0.0230. The first-order valence-electron chi connectivity index (χ1n) is 6.95. The van der Waals surface area contributed by atoms with E-state index in [9.17, 15) is 4.79 Å². The van der Waals surface area contributed by atoms with Crippen LogP contribution >= 0.6 is 15.9 Å². The summed E-state index contributed by atoms with van der Waals surface area (Å²) in [7, 11) is 0. The van der Waals surface area contributed by atoms with Gasteiger partial charge in [0.25, 0.3) is 0 Å². The van der Waals surface area contributed by atoms with Gasteiger partial charge in [-0.25, -0.2) is 4.79 Å². The summed E-state index contributed by atoms with van der Waals surface area (Å²) in [6, 6.07) is 5.68. The minimum atomic E-state index is -0.162. The summed E-state index contributed by atoms with van der Waals surface area (Å²) >= 11 is 3.45. The molecule has 0 fully saturated rings. The van der Waals surface area contributed by atoms with E-state index in [0.717, 1.165) is 22.1 Å². The summed E-state index contributed by atoms with van der Waals surface area (Å²) in [6.45, 7) is 7.17. The highest BCUT2D eigenvalue weighted by Crippen LogP contribution is 2.27. The van der Waals surface area contributed by atoms with E-state index < -0.39 is 0 Å². The Morgan fingerprint density at radius 3 is 2.65 bits per heavy atom. The first kappa shape index (κ1) is 17.0. The fraction of sp³-hybridized carbons (Fsp3) is 0.533. The molecule has 0 saturated carbocycles. The van der Waals surface area contributed by atoms with E-state index >= 15 is 0 Å². The quantitative estimate of drug-likeness (QED) is 0.825. The second-order valence-corrected chi connectivity index (χ2v) is 5.94. The number of anilines is 1. The van der Waals surface area contributed by atoms with E-state index in [1.807, 2.05) is 25.1 Å². The molecular weight excluding hydrogens is 320 g/mol. The third-order valence-electron chi connectivity index (χ3n) is 3.03. The molecule has 0 heterocycles. The van der Waals surface area contributed by atoms with Crippen LogP contribution in [0.3, 0.4) is 0 Å². The number of aliphatic hydroxyl groups is 1. The van der Waals surface area contributed by atoms with Crippen molar-refractivity contribution < 1.29 is 9.90 Å². The van der Waals surface area contributed by atoms with Gasteiger partial charge in [0, 0.05) is 23.2 Å². The van der Waals surface area contributed by atoms with Crippen molar-refractivity contribution in [2.75, 3.05) is 25.0 Å². The molecule has 0 aliphatic carbocycles. The molecule has 112 valence electrons. The van der Waals surface area contributed by atoms with Crippen LogP contribution in [0.4, 0.5) is 10.5 Å². The Kier molecular flexibility index (Phi) is 7.02. The molecule has 0 aromatic heterocycles. The van der Waals surface area contributed by atoms with Crippen LogP contribution in [-0.2, 0) is 0 Å². The predicted molar refractivity (Wildman–Crippen MR) is 86.2 cm³/mol. The Morgan fingerprint density at radius 1 is 1.40 bits per heavy atom. The van der Waals surface area contributed by atoms with Crippen molar-refractivity contribution in [3.63, 3.8) is 0 Å². The van der Waals surface area contributed by atoms with Crippen molar-refractivity contribution >= 4 is 27.6 Å². The molecule has 1 aromatic carbocycles. The van der Waals surface area contributed by atoms with Crippen molar-refractivity contribution in [2.24, 2.45) is 0 Å². The van der Waals surface area contributed by atoms with E-state index in [-0.39, 0.29) is 12.6 Å². The molecule has 1 rings (SSSR count). The summed E-state index contributed by atoms with van der Waals surface area (Å²) < 4.78 is 1.000. The standard InChI is InChI=1S/C15H23BrN2O2/c1-4-7-18(8-9-19)15(20)17-14-6-5-12(16)10-13(14)11(2)3/h5-6,10-11,19H,4,7-9H2,1-3H3,(H,17,20). The first-order chi connectivity index (χ1) is 9.49. The molecule has 0 atom stereocenters. The molecule has 20 heavy (non-hydrogen) atoms. The van der Waals surface area contributed by atoms with E-state index in [1.165, 1.54) is 0 Å². The number of nitrogens with zero attached hydrogens (tertiary/aromatic N) is 1. The van der Waals surface area contributed by atoms with Crippen molar-refractivity contribution in [1.29, 1.82) is 0 Å². The van der Waals surface area contributed by atoms with Gasteiger partial charge in [-0.3, -0.25) is 0 Å². The normalized spacial score (nSPS) is 10.7. The monoisotopic (exact) mass is 342 g/mol. The maximum Gasteiger partial charge on any atom is 0.321 e. The highest BCUT2D eigenvalue weighted by Gasteiger charge is 2.15. The number of urea groups is 1. The number of aliphatic hydroxyl groups excluding tert-OH is 1. The Labute approximate surface area is 129 Å². The fourth-order valence-electron chi connectivity index (χ4n) is 2.02. The van der Waals surface area contributed by atoms with Gasteiger partial charge in [-0.1, -0.05) is 36.7 Å². The number of amides is 2. The Balaban J connectivity index is 2.88. The lowest BCUT2D eigenvalue weighted by Crippen LogP contribution is -2.37. The van der Waals surface area contributed by atoms with Gasteiger partial charge < -0.3 is 15.3 Å². The van der Waals surface area contributed by atoms with Gasteiger partial charge in [0.1, 0.15) is 0 Å². The zero-order valence-corrected chi connectivity index (χ0v) is 13.9. The van der Waals surface area contributed by atoms with Crippen molar-refractivity contribution in [1.82, 2.24) is 4.90 Å². The lowest BCUT2D eigenvalue weighted by atomic mass is 10.0. The lowest BCUT2D eigenvalue weighted by molar-refractivity contribution is 0.188. The van der Waals surface area contributed by atoms with Gasteiger partial charge in [-0.2, -0.15) is 0 Å². The number of carbonyl (C=O) groups excluding carboxylic acids is 1. The smallest absolute Gasteiger partial charge is 0.321 e. The SMILES string of the molecule is CCCN(CCO)C(=O)Nc1ccc(Br)cc1C(C)C.